The van der Waals surface area contributed by atoms with Crippen molar-refractivity contribution in [1.29, 1.82) is 0 Å². The standard InChI is InChI=1S/C24H30FN3O3.C2H6/c1-13-2-3-14(18(25)6-13)10-28-4-5-31-19(11-28)21(29)27-20-16-7-15-8-23(22(26)30)9-17(20)24(15,16)12-23;1-2/h2-3,6,15-17,19-20H,4-5,7-12H2,1H3,(H2,26,30)(H,27,29);1-2H3. The molecule has 7 unspecified atom stereocenters. The Kier molecular flexibility index (Phi) is 5.56. The van der Waals surface area contributed by atoms with Gasteiger partial charge in [-0.15, -0.1) is 0 Å². The number of hydrogen-bond donors (Lipinski definition) is 2. The van der Waals surface area contributed by atoms with Crippen LogP contribution in [-0.4, -0.2) is 48.6 Å². The number of nitrogens with zero attached hydrogens (tertiary/aromatic N) is 1. The number of aryl methyl sites for hydroxylation is 1. The zero-order valence-electron chi connectivity index (χ0n) is 19.9. The van der Waals surface area contributed by atoms with Crippen molar-refractivity contribution in [3.63, 3.8) is 0 Å². The van der Waals surface area contributed by atoms with Gasteiger partial charge in [0.2, 0.25) is 5.91 Å². The zero-order valence-corrected chi connectivity index (χ0v) is 19.9. The molecule has 1 aliphatic heterocycles. The molecule has 1 aromatic carbocycles. The maximum atomic E-state index is 14.2. The third kappa shape index (κ3) is 3.26. The molecule has 5 aliphatic rings. The minimum atomic E-state index is -0.543. The number of ether oxygens (including phenoxy) is 1. The molecule has 0 aromatic heterocycles. The van der Waals surface area contributed by atoms with E-state index in [1.807, 2.05) is 32.9 Å². The number of nitrogens with one attached hydrogen (secondary N) is 1. The van der Waals surface area contributed by atoms with Crippen molar-refractivity contribution in [3.05, 3.63) is 35.1 Å². The molecule has 2 amide bonds. The van der Waals surface area contributed by atoms with Gasteiger partial charge in [-0.05, 0) is 67.4 Å². The maximum Gasteiger partial charge on any atom is 0.250 e. The van der Waals surface area contributed by atoms with Gasteiger partial charge in [0.1, 0.15) is 11.9 Å². The summed E-state index contributed by atoms with van der Waals surface area (Å²) in [5.74, 6) is 1.05. The van der Waals surface area contributed by atoms with Gasteiger partial charge in [-0.25, -0.2) is 4.39 Å². The highest BCUT2D eigenvalue weighted by Crippen LogP contribution is 2.84. The van der Waals surface area contributed by atoms with E-state index in [0.29, 0.717) is 49.6 Å². The van der Waals surface area contributed by atoms with Crippen molar-refractivity contribution in [1.82, 2.24) is 10.2 Å². The highest BCUT2D eigenvalue weighted by atomic mass is 19.1. The van der Waals surface area contributed by atoms with E-state index < -0.39 is 6.10 Å². The topological polar surface area (TPSA) is 84.7 Å². The van der Waals surface area contributed by atoms with Crippen molar-refractivity contribution >= 4 is 11.8 Å². The zero-order chi connectivity index (χ0) is 23.5. The normalized spacial score (nSPS) is 40.1. The lowest BCUT2D eigenvalue weighted by Crippen LogP contribution is -2.74. The Bertz CT molecular complexity index is 970. The van der Waals surface area contributed by atoms with E-state index >= 15 is 0 Å². The first-order chi connectivity index (χ1) is 15.8. The minimum Gasteiger partial charge on any atom is -0.369 e. The third-order valence-electron chi connectivity index (χ3n) is 9.32. The first kappa shape index (κ1) is 22.8. The van der Waals surface area contributed by atoms with E-state index in [1.165, 1.54) is 0 Å². The Hall–Kier alpha value is -1.99. The Morgan fingerprint density at radius 1 is 1.27 bits per heavy atom. The molecule has 4 aliphatic carbocycles. The van der Waals surface area contributed by atoms with Gasteiger partial charge in [0, 0.05) is 31.2 Å². The molecular weight excluding hydrogens is 421 g/mol. The molecule has 3 N–H and O–H groups in total. The molecule has 5 fully saturated rings. The van der Waals surface area contributed by atoms with E-state index in [9.17, 15) is 14.0 Å². The van der Waals surface area contributed by atoms with E-state index in [4.69, 9.17) is 10.5 Å². The molecule has 4 saturated carbocycles. The molecule has 180 valence electrons. The Morgan fingerprint density at radius 3 is 2.79 bits per heavy atom. The molecule has 7 atom stereocenters. The summed E-state index contributed by atoms with van der Waals surface area (Å²) in [7, 11) is 0. The van der Waals surface area contributed by atoms with Gasteiger partial charge in [0.25, 0.3) is 5.91 Å². The number of hydrogen-bond acceptors (Lipinski definition) is 4. The fourth-order valence-corrected chi connectivity index (χ4v) is 7.92. The second-order valence-corrected chi connectivity index (χ2v) is 10.7. The highest BCUT2D eigenvalue weighted by Gasteiger charge is 2.82. The number of carbonyl (C=O) groups excluding carboxylic acids is 2. The third-order valence-corrected chi connectivity index (χ3v) is 9.32. The van der Waals surface area contributed by atoms with Gasteiger partial charge >= 0.3 is 0 Å². The molecular formula is C26H36FN3O3. The number of primary amides is 1. The largest absolute Gasteiger partial charge is 0.369 e. The predicted molar refractivity (Wildman–Crippen MR) is 122 cm³/mol. The number of amides is 2. The highest BCUT2D eigenvalue weighted by molar-refractivity contribution is 5.84. The number of fused-ring (bicyclic) bond motifs is 1. The van der Waals surface area contributed by atoms with Gasteiger partial charge in [-0.2, -0.15) is 0 Å². The van der Waals surface area contributed by atoms with Gasteiger partial charge < -0.3 is 15.8 Å². The Labute approximate surface area is 195 Å². The number of halogens is 1. The quantitative estimate of drug-likeness (QED) is 0.712. The average Bonchev–Trinajstić information content (AvgIpc) is 3.29. The number of benzene rings is 1. The van der Waals surface area contributed by atoms with Crippen LogP contribution in [0.15, 0.2) is 18.2 Å². The van der Waals surface area contributed by atoms with Crippen LogP contribution < -0.4 is 11.1 Å². The van der Waals surface area contributed by atoms with E-state index in [2.05, 4.69) is 10.2 Å². The summed E-state index contributed by atoms with van der Waals surface area (Å²) in [5.41, 5.74) is 7.25. The fraction of sp³-hybridized carbons (Fsp3) is 0.692. The number of morpholine rings is 1. The van der Waals surface area contributed by atoms with Crippen LogP contribution in [0, 0.1) is 41.3 Å². The molecule has 1 aromatic rings. The van der Waals surface area contributed by atoms with E-state index in [-0.39, 0.29) is 34.5 Å². The van der Waals surface area contributed by atoms with Crippen molar-refractivity contribution in [3.8, 4) is 0 Å². The van der Waals surface area contributed by atoms with Crippen LogP contribution in [0.4, 0.5) is 4.39 Å². The van der Waals surface area contributed by atoms with Crippen LogP contribution in [0.1, 0.15) is 50.7 Å². The van der Waals surface area contributed by atoms with Gasteiger partial charge in [0.15, 0.2) is 0 Å². The molecule has 1 spiro atoms. The van der Waals surface area contributed by atoms with Crippen LogP contribution in [0.2, 0.25) is 0 Å². The lowest BCUT2D eigenvalue weighted by Gasteiger charge is -2.70. The lowest BCUT2D eigenvalue weighted by atomic mass is 9.36. The van der Waals surface area contributed by atoms with E-state index in [1.54, 1.807) is 6.07 Å². The first-order valence-corrected chi connectivity index (χ1v) is 12.5. The summed E-state index contributed by atoms with van der Waals surface area (Å²) >= 11 is 0. The molecule has 6 rings (SSSR count). The van der Waals surface area contributed by atoms with Crippen molar-refractivity contribution in [2.75, 3.05) is 19.7 Å². The fourth-order valence-electron chi connectivity index (χ4n) is 7.92. The van der Waals surface area contributed by atoms with E-state index in [0.717, 1.165) is 31.2 Å². The minimum absolute atomic E-state index is 0.0757. The molecule has 6 nitrogen and oxygen atoms in total. The summed E-state index contributed by atoms with van der Waals surface area (Å²) in [5, 5.41) is 3.27. The second-order valence-electron chi connectivity index (χ2n) is 10.7. The first-order valence-electron chi connectivity index (χ1n) is 12.5. The van der Waals surface area contributed by atoms with Crippen molar-refractivity contribution in [2.45, 2.75) is 65.1 Å². The van der Waals surface area contributed by atoms with Crippen LogP contribution in [0.25, 0.3) is 0 Å². The van der Waals surface area contributed by atoms with Gasteiger partial charge in [-0.1, -0.05) is 26.0 Å². The SMILES string of the molecule is CC.Cc1ccc(CN2CCOC(C(=O)NC3C4CC5CC6(C(N)=O)CC3C54C6)C2)c(F)c1. The summed E-state index contributed by atoms with van der Waals surface area (Å²) in [6.07, 6.45) is 3.26. The summed E-state index contributed by atoms with van der Waals surface area (Å²) < 4.78 is 20.0. The van der Waals surface area contributed by atoms with Crippen LogP contribution in [-0.2, 0) is 20.9 Å². The van der Waals surface area contributed by atoms with Crippen LogP contribution in [0.3, 0.4) is 0 Å². The van der Waals surface area contributed by atoms with Crippen molar-refractivity contribution in [2.24, 2.45) is 34.3 Å². The second kappa shape index (κ2) is 8.05. The molecule has 1 heterocycles. The van der Waals surface area contributed by atoms with Gasteiger partial charge in [0.05, 0.1) is 12.0 Å². The molecule has 1 saturated heterocycles. The summed E-state index contributed by atoms with van der Waals surface area (Å²) in [4.78, 5) is 27.3. The number of rotatable bonds is 5. The van der Waals surface area contributed by atoms with Crippen LogP contribution in [0.5, 0.6) is 0 Å². The Morgan fingerprint density at radius 2 is 2.06 bits per heavy atom. The number of nitrogens with two attached hydrogens (primary N) is 1. The molecule has 33 heavy (non-hydrogen) atoms. The van der Waals surface area contributed by atoms with Crippen molar-refractivity contribution < 1.29 is 18.7 Å². The van der Waals surface area contributed by atoms with Crippen LogP contribution >= 0.6 is 0 Å². The predicted octanol–water partition coefficient (Wildman–Crippen LogP) is 2.77. The molecule has 2 bridgehead atoms. The molecule has 0 radical (unpaired) electrons. The Balaban J connectivity index is 0.00000111. The smallest absolute Gasteiger partial charge is 0.250 e. The average molecular weight is 458 g/mol. The lowest BCUT2D eigenvalue weighted by molar-refractivity contribution is -0.207. The molecule has 7 heteroatoms. The van der Waals surface area contributed by atoms with Gasteiger partial charge in [-0.3, -0.25) is 14.5 Å². The summed E-state index contributed by atoms with van der Waals surface area (Å²) in [6.45, 7) is 7.94. The monoisotopic (exact) mass is 457 g/mol. The summed E-state index contributed by atoms with van der Waals surface area (Å²) in [6, 6.07) is 5.42. The maximum absolute atomic E-state index is 14.2. The number of carbonyl (C=O) groups is 2.